The van der Waals surface area contributed by atoms with Crippen LogP contribution in [0.1, 0.15) is 33.6 Å². The topological polar surface area (TPSA) is 49.9 Å². The van der Waals surface area contributed by atoms with Gasteiger partial charge < -0.3 is 9.64 Å². The lowest BCUT2D eigenvalue weighted by atomic mass is 10.0. The summed E-state index contributed by atoms with van der Waals surface area (Å²) in [5, 5.41) is 0. The Balaban J connectivity index is 1.95. The maximum Gasteiger partial charge on any atom is 0.411 e. The minimum atomic E-state index is -0.493. The van der Waals surface area contributed by atoms with Crippen LogP contribution >= 0.6 is 22.6 Å². The molecule has 2 rings (SSSR count). The third-order valence-corrected chi connectivity index (χ3v) is 4.96. The molecule has 0 N–H and O–H groups in total. The smallest absolute Gasteiger partial charge is 0.411 e. The van der Waals surface area contributed by atoms with Crippen LogP contribution in [0.15, 0.2) is 0 Å². The number of halogens is 1. The summed E-state index contributed by atoms with van der Waals surface area (Å²) in [6.45, 7) is 7.90. The molecule has 5 nitrogen and oxygen atoms in total. The summed E-state index contributed by atoms with van der Waals surface area (Å²) in [4.78, 5) is 27.9. The third-order valence-electron chi connectivity index (χ3n) is 3.42. The Morgan fingerprint density at radius 1 is 1.21 bits per heavy atom. The summed E-state index contributed by atoms with van der Waals surface area (Å²) < 4.78 is 5.28. The highest BCUT2D eigenvalue weighted by molar-refractivity contribution is 14.1. The van der Waals surface area contributed by atoms with E-state index in [0.29, 0.717) is 6.54 Å². The van der Waals surface area contributed by atoms with Gasteiger partial charge in [0.25, 0.3) is 0 Å². The Morgan fingerprint density at radius 3 is 2.32 bits per heavy atom. The predicted octanol–water partition coefficient (Wildman–Crippen LogP) is 2.24. The molecule has 0 spiro atoms. The molecule has 2 fully saturated rings. The second kappa shape index (κ2) is 5.46. The minimum Gasteiger partial charge on any atom is -0.444 e. The number of hydrogen-bond donors (Lipinski definition) is 0. The van der Waals surface area contributed by atoms with Crippen molar-refractivity contribution < 1.29 is 14.3 Å². The first-order valence-corrected chi connectivity index (χ1v) is 7.96. The summed E-state index contributed by atoms with van der Waals surface area (Å²) in [5.41, 5.74) is -0.493. The lowest BCUT2D eigenvalue weighted by molar-refractivity contribution is -0.138. The van der Waals surface area contributed by atoms with Crippen LogP contribution in [0.25, 0.3) is 0 Å². The van der Waals surface area contributed by atoms with Gasteiger partial charge in [0.2, 0.25) is 5.91 Å². The van der Waals surface area contributed by atoms with Crippen molar-refractivity contribution in [1.29, 1.82) is 0 Å². The van der Waals surface area contributed by atoms with Gasteiger partial charge in [-0.25, -0.2) is 4.79 Å². The Bertz CT molecular complexity index is 377. The first-order chi connectivity index (χ1) is 8.79. The molecule has 0 saturated carbocycles. The predicted molar refractivity (Wildman–Crippen MR) is 80.1 cm³/mol. The van der Waals surface area contributed by atoms with Crippen molar-refractivity contribution in [3.05, 3.63) is 0 Å². The van der Waals surface area contributed by atoms with Gasteiger partial charge in [-0.1, -0.05) is 22.6 Å². The van der Waals surface area contributed by atoms with E-state index in [2.05, 4.69) is 22.6 Å². The van der Waals surface area contributed by atoms with Gasteiger partial charge in [0, 0.05) is 19.6 Å². The van der Waals surface area contributed by atoms with E-state index >= 15 is 0 Å². The van der Waals surface area contributed by atoms with Gasteiger partial charge in [0.1, 0.15) is 5.60 Å². The van der Waals surface area contributed by atoms with Crippen LogP contribution in [-0.2, 0) is 9.53 Å². The number of ether oxygens (including phenoxy) is 1. The van der Waals surface area contributed by atoms with Gasteiger partial charge in [-0.3, -0.25) is 9.69 Å². The number of carbonyl (C=O) groups is 2. The maximum absolute atomic E-state index is 12.2. The monoisotopic (exact) mass is 380 g/mol. The summed E-state index contributed by atoms with van der Waals surface area (Å²) in [6, 6.07) is 0. The number of hydrogen-bond acceptors (Lipinski definition) is 3. The fourth-order valence-corrected chi connectivity index (χ4v) is 3.45. The second-order valence-corrected chi connectivity index (χ2v) is 7.40. The zero-order valence-electron chi connectivity index (χ0n) is 11.7. The standard InChI is InChI=1S/C13H21IN2O3/c1-13(2,3)19-12(18)16-8-5-9(10(16)14)11(17)15-6-4-7-15/h9-10H,4-8H2,1-3H3. The third kappa shape index (κ3) is 3.32. The molecule has 2 amide bonds. The molecule has 0 radical (unpaired) electrons. The molecule has 2 saturated heterocycles. The number of alkyl halides is 1. The van der Waals surface area contributed by atoms with Crippen LogP contribution < -0.4 is 0 Å². The van der Waals surface area contributed by atoms with Crippen LogP contribution in [-0.4, -0.2) is 51.1 Å². The van der Waals surface area contributed by atoms with Crippen LogP contribution in [0, 0.1) is 5.92 Å². The molecule has 0 bridgehead atoms. The van der Waals surface area contributed by atoms with E-state index in [0.717, 1.165) is 25.9 Å². The van der Waals surface area contributed by atoms with Gasteiger partial charge in [0.05, 0.1) is 9.97 Å². The van der Waals surface area contributed by atoms with E-state index in [-0.39, 0.29) is 22.0 Å². The molecule has 0 aliphatic carbocycles. The van der Waals surface area contributed by atoms with Crippen molar-refractivity contribution in [2.24, 2.45) is 5.92 Å². The Hall–Kier alpha value is -0.530. The zero-order valence-corrected chi connectivity index (χ0v) is 13.8. The first-order valence-electron chi connectivity index (χ1n) is 6.72. The van der Waals surface area contributed by atoms with Crippen LogP contribution in [0.5, 0.6) is 0 Å². The molecule has 0 aromatic heterocycles. The molecule has 0 aromatic carbocycles. The Labute approximate surface area is 127 Å². The van der Waals surface area contributed by atoms with Gasteiger partial charge in [-0.05, 0) is 33.6 Å². The van der Waals surface area contributed by atoms with E-state index in [1.54, 1.807) is 4.90 Å². The number of amides is 2. The van der Waals surface area contributed by atoms with E-state index in [9.17, 15) is 9.59 Å². The fraction of sp³-hybridized carbons (Fsp3) is 0.846. The summed E-state index contributed by atoms with van der Waals surface area (Å²) in [6.07, 6.45) is 1.52. The highest BCUT2D eigenvalue weighted by atomic mass is 127. The van der Waals surface area contributed by atoms with E-state index in [1.807, 2.05) is 25.7 Å². The molecule has 2 unspecified atom stereocenters. The normalized spacial score (nSPS) is 27.2. The molecule has 6 heteroatoms. The quantitative estimate of drug-likeness (QED) is 0.398. The first kappa shape index (κ1) is 14.9. The van der Waals surface area contributed by atoms with Crippen LogP contribution in [0.2, 0.25) is 0 Å². The van der Waals surface area contributed by atoms with Crippen molar-refractivity contribution in [2.75, 3.05) is 19.6 Å². The molecule has 2 atom stereocenters. The Morgan fingerprint density at radius 2 is 1.84 bits per heavy atom. The SMILES string of the molecule is CC(C)(C)OC(=O)N1CCC(C(=O)N2CCC2)C1I. The number of carbonyl (C=O) groups excluding carboxylic acids is 2. The highest BCUT2D eigenvalue weighted by Crippen LogP contribution is 2.33. The lowest BCUT2D eigenvalue weighted by Crippen LogP contribution is -2.48. The zero-order chi connectivity index (χ0) is 14.2. The van der Waals surface area contributed by atoms with Gasteiger partial charge in [-0.2, -0.15) is 0 Å². The molecule has 2 heterocycles. The van der Waals surface area contributed by atoms with Crippen LogP contribution in [0.3, 0.4) is 0 Å². The molecule has 0 aromatic rings. The van der Waals surface area contributed by atoms with E-state index < -0.39 is 5.60 Å². The average molecular weight is 380 g/mol. The van der Waals surface area contributed by atoms with Crippen molar-refractivity contribution in [1.82, 2.24) is 9.80 Å². The average Bonchev–Trinajstić information content (AvgIpc) is 2.54. The molecule has 2 aliphatic heterocycles. The maximum atomic E-state index is 12.2. The van der Waals surface area contributed by atoms with Gasteiger partial charge >= 0.3 is 6.09 Å². The van der Waals surface area contributed by atoms with Gasteiger partial charge in [-0.15, -0.1) is 0 Å². The molecular formula is C13H21IN2O3. The molecule has 108 valence electrons. The number of rotatable bonds is 1. The van der Waals surface area contributed by atoms with E-state index in [4.69, 9.17) is 4.74 Å². The van der Waals surface area contributed by atoms with Crippen molar-refractivity contribution >= 4 is 34.6 Å². The Kier molecular flexibility index (Phi) is 4.27. The fourth-order valence-electron chi connectivity index (χ4n) is 2.28. The highest BCUT2D eigenvalue weighted by Gasteiger charge is 2.43. The van der Waals surface area contributed by atoms with Crippen molar-refractivity contribution in [3.63, 3.8) is 0 Å². The minimum absolute atomic E-state index is 0.0755. The van der Waals surface area contributed by atoms with E-state index in [1.165, 1.54) is 0 Å². The van der Waals surface area contributed by atoms with Crippen LogP contribution in [0.4, 0.5) is 4.79 Å². The summed E-state index contributed by atoms with van der Waals surface area (Å²) in [5.74, 6) is 0.116. The van der Waals surface area contributed by atoms with Crippen molar-refractivity contribution in [3.8, 4) is 0 Å². The second-order valence-electron chi connectivity index (χ2n) is 6.12. The molecule has 19 heavy (non-hydrogen) atoms. The number of nitrogens with zero attached hydrogens (tertiary/aromatic N) is 2. The van der Waals surface area contributed by atoms with Gasteiger partial charge in [0.15, 0.2) is 0 Å². The molecular weight excluding hydrogens is 359 g/mol. The lowest BCUT2D eigenvalue weighted by Gasteiger charge is -2.34. The number of likely N-dealkylation sites (tertiary alicyclic amines) is 2. The summed E-state index contributed by atoms with van der Waals surface area (Å²) in [7, 11) is 0. The largest absolute Gasteiger partial charge is 0.444 e. The molecule has 2 aliphatic rings. The summed E-state index contributed by atoms with van der Waals surface area (Å²) >= 11 is 2.19. The van der Waals surface area contributed by atoms with Crippen molar-refractivity contribution in [2.45, 2.75) is 43.3 Å².